The molecular formula is C16H11N3O2S. The molecule has 0 saturated carbocycles. The normalized spacial score (nSPS) is 11.1. The Labute approximate surface area is 129 Å². The van der Waals surface area contributed by atoms with Gasteiger partial charge >= 0.3 is 0 Å². The molecule has 4 aromatic rings. The highest BCUT2D eigenvalue weighted by Crippen LogP contribution is 2.24. The summed E-state index contributed by atoms with van der Waals surface area (Å²) in [5.74, 6) is 0.622. The van der Waals surface area contributed by atoms with Crippen molar-refractivity contribution in [3.63, 3.8) is 0 Å². The van der Waals surface area contributed by atoms with Crippen molar-refractivity contribution in [2.45, 2.75) is 6.42 Å². The van der Waals surface area contributed by atoms with Gasteiger partial charge in [-0.05, 0) is 23.6 Å². The van der Waals surface area contributed by atoms with Crippen LogP contribution in [-0.2, 0) is 6.42 Å². The second-order valence-electron chi connectivity index (χ2n) is 4.86. The molecule has 0 aliphatic heterocycles. The molecule has 0 unspecified atom stereocenters. The van der Waals surface area contributed by atoms with Gasteiger partial charge < -0.3 is 9.51 Å². The number of aromatic amines is 1. The van der Waals surface area contributed by atoms with Gasteiger partial charge in [0.1, 0.15) is 17.1 Å². The lowest BCUT2D eigenvalue weighted by Gasteiger charge is -2.00. The predicted molar refractivity (Wildman–Crippen MR) is 85.0 cm³/mol. The molecule has 0 saturated heterocycles. The smallest absolute Gasteiger partial charge is 0.270 e. The lowest BCUT2D eigenvalue weighted by molar-refractivity contribution is 0.391. The van der Waals surface area contributed by atoms with Crippen LogP contribution < -0.4 is 5.56 Å². The van der Waals surface area contributed by atoms with Crippen molar-refractivity contribution in [3.05, 3.63) is 69.7 Å². The zero-order valence-corrected chi connectivity index (χ0v) is 12.3. The lowest BCUT2D eigenvalue weighted by Crippen LogP contribution is -2.15. The number of thiophene rings is 1. The van der Waals surface area contributed by atoms with Gasteiger partial charge in [-0.2, -0.15) is 0 Å². The second kappa shape index (κ2) is 5.23. The molecule has 3 heterocycles. The van der Waals surface area contributed by atoms with Crippen molar-refractivity contribution in [1.29, 1.82) is 0 Å². The number of rotatable bonds is 3. The van der Waals surface area contributed by atoms with Gasteiger partial charge in [0, 0.05) is 6.07 Å². The van der Waals surface area contributed by atoms with Crippen LogP contribution in [0.2, 0.25) is 0 Å². The first-order chi connectivity index (χ1) is 10.8. The Morgan fingerprint density at radius 2 is 2.09 bits per heavy atom. The molecule has 22 heavy (non-hydrogen) atoms. The summed E-state index contributed by atoms with van der Waals surface area (Å²) in [5.41, 5.74) is 2.49. The van der Waals surface area contributed by atoms with Crippen LogP contribution in [-0.4, -0.2) is 15.1 Å². The molecule has 0 aliphatic rings. The molecular weight excluding hydrogens is 298 g/mol. The van der Waals surface area contributed by atoms with Crippen molar-refractivity contribution in [2.75, 3.05) is 0 Å². The fourth-order valence-electron chi connectivity index (χ4n) is 2.29. The molecule has 6 heteroatoms. The zero-order chi connectivity index (χ0) is 14.9. The minimum atomic E-state index is -0.201. The molecule has 0 aliphatic carbocycles. The second-order valence-corrected chi connectivity index (χ2v) is 5.81. The SMILES string of the molecule is O=c1[nH]c2ccccc2nc1Cc1cc(-c2cccs2)no1. The van der Waals surface area contributed by atoms with Crippen molar-refractivity contribution < 1.29 is 4.52 Å². The fraction of sp³-hybridized carbons (Fsp3) is 0.0625. The van der Waals surface area contributed by atoms with Crippen LogP contribution in [0.25, 0.3) is 21.6 Å². The Morgan fingerprint density at radius 3 is 2.95 bits per heavy atom. The molecule has 0 radical (unpaired) electrons. The van der Waals surface area contributed by atoms with E-state index in [9.17, 15) is 4.79 Å². The monoisotopic (exact) mass is 309 g/mol. The molecule has 3 aromatic heterocycles. The number of aromatic nitrogens is 3. The summed E-state index contributed by atoms with van der Waals surface area (Å²) in [7, 11) is 0. The minimum absolute atomic E-state index is 0.201. The molecule has 4 rings (SSSR count). The lowest BCUT2D eigenvalue weighted by atomic mass is 10.2. The summed E-state index contributed by atoms with van der Waals surface area (Å²) in [5, 5.41) is 6.03. The third kappa shape index (κ3) is 2.33. The first-order valence-electron chi connectivity index (χ1n) is 6.77. The van der Waals surface area contributed by atoms with Gasteiger partial charge in [-0.15, -0.1) is 11.3 Å². The van der Waals surface area contributed by atoms with Crippen molar-refractivity contribution in [1.82, 2.24) is 15.1 Å². The maximum absolute atomic E-state index is 12.1. The van der Waals surface area contributed by atoms with Crippen LogP contribution in [0.5, 0.6) is 0 Å². The quantitative estimate of drug-likeness (QED) is 0.630. The molecule has 0 spiro atoms. The minimum Gasteiger partial charge on any atom is -0.360 e. The number of benzene rings is 1. The predicted octanol–water partition coefficient (Wildman–Crippen LogP) is 3.23. The van der Waals surface area contributed by atoms with Crippen LogP contribution in [0.4, 0.5) is 0 Å². The Kier molecular flexibility index (Phi) is 3.08. The number of H-pyrrole nitrogens is 1. The molecule has 0 amide bonds. The standard InChI is InChI=1S/C16H11N3O2S/c20-16-14(17-11-4-1-2-5-12(11)18-16)9-10-8-13(19-21-10)15-6-3-7-22-15/h1-8H,9H2,(H,18,20). The van der Waals surface area contributed by atoms with E-state index in [1.165, 1.54) is 0 Å². The third-order valence-corrected chi connectivity index (χ3v) is 4.24. The van der Waals surface area contributed by atoms with Gasteiger partial charge in [0.25, 0.3) is 5.56 Å². The number of nitrogens with zero attached hydrogens (tertiary/aromatic N) is 2. The van der Waals surface area contributed by atoms with Crippen LogP contribution in [0, 0.1) is 0 Å². The van der Waals surface area contributed by atoms with Crippen molar-refractivity contribution in [2.24, 2.45) is 0 Å². The zero-order valence-electron chi connectivity index (χ0n) is 11.4. The van der Waals surface area contributed by atoms with Gasteiger partial charge in [0.15, 0.2) is 0 Å². The van der Waals surface area contributed by atoms with E-state index in [1.54, 1.807) is 11.3 Å². The van der Waals surface area contributed by atoms with E-state index in [1.807, 2.05) is 47.8 Å². The number of hydrogen-bond donors (Lipinski definition) is 1. The number of nitrogens with one attached hydrogen (secondary N) is 1. The molecule has 0 fully saturated rings. The van der Waals surface area contributed by atoms with Gasteiger partial charge in [-0.1, -0.05) is 23.4 Å². The molecule has 5 nitrogen and oxygen atoms in total. The largest absolute Gasteiger partial charge is 0.360 e. The fourth-order valence-corrected chi connectivity index (χ4v) is 2.97. The Bertz CT molecular complexity index is 986. The first-order valence-corrected chi connectivity index (χ1v) is 7.65. The van der Waals surface area contributed by atoms with E-state index < -0.39 is 0 Å². The summed E-state index contributed by atoms with van der Waals surface area (Å²) >= 11 is 1.59. The maximum Gasteiger partial charge on any atom is 0.270 e. The van der Waals surface area contributed by atoms with E-state index in [2.05, 4.69) is 15.1 Å². The van der Waals surface area contributed by atoms with Gasteiger partial charge in [0.05, 0.1) is 22.3 Å². The molecule has 108 valence electrons. The van der Waals surface area contributed by atoms with E-state index in [0.717, 1.165) is 21.6 Å². The maximum atomic E-state index is 12.1. The summed E-state index contributed by atoms with van der Waals surface area (Å²) < 4.78 is 5.32. The summed E-state index contributed by atoms with van der Waals surface area (Å²) in [6, 6.07) is 13.2. The van der Waals surface area contributed by atoms with Gasteiger partial charge in [-0.3, -0.25) is 4.79 Å². The molecule has 1 N–H and O–H groups in total. The highest BCUT2D eigenvalue weighted by Gasteiger charge is 2.11. The highest BCUT2D eigenvalue weighted by molar-refractivity contribution is 7.13. The van der Waals surface area contributed by atoms with E-state index in [4.69, 9.17) is 4.52 Å². The summed E-state index contributed by atoms with van der Waals surface area (Å²) in [6.07, 6.45) is 0.318. The van der Waals surface area contributed by atoms with E-state index in [-0.39, 0.29) is 5.56 Å². The average molecular weight is 309 g/mol. The van der Waals surface area contributed by atoms with Crippen molar-refractivity contribution >= 4 is 22.4 Å². The summed E-state index contributed by atoms with van der Waals surface area (Å²) in [4.78, 5) is 20.4. The van der Waals surface area contributed by atoms with Crippen LogP contribution in [0.3, 0.4) is 0 Å². The first kappa shape index (κ1) is 13.0. The molecule has 0 bridgehead atoms. The average Bonchev–Trinajstić information content (AvgIpc) is 3.18. The van der Waals surface area contributed by atoms with Gasteiger partial charge in [0.2, 0.25) is 0 Å². The van der Waals surface area contributed by atoms with Crippen LogP contribution >= 0.6 is 11.3 Å². The van der Waals surface area contributed by atoms with E-state index >= 15 is 0 Å². The highest BCUT2D eigenvalue weighted by atomic mass is 32.1. The molecule has 0 atom stereocenters. The van der Waals surface area contributed by atoms with Crippen molar-refractivity contribution in [3.8, 4) is 10.6 Å². The van der Waals surface area contributed by atoms with Gasteiger partial charge in [-0.25, -0.2) is 4.98 Å². The summed E-state index contributed by atoms with van der Waals surface area (Å²) in [6.45, 7) is 0. The number of fused-ring (bicyclic) bond motifs is 1. The van der Waals surface area contributed by atoms with Crippen LogP contribution in [0.1, 0.15) is 11.5 Å². The number of hydrogen-bond acceptors (Lipinski definition) is 5. The van der Waals surface area contributed by atoms with E-state index in [0.29, 0.717) is 17.9 Å². The Hall–Kier alpha value is -2.73. The third-order valence-electron chi connectivity index (χ3n) is 3.34. The number of para-hydroxylation sites is 2. The topological polar surface area (TPSA) is 71.8 Å². The Morgan fingerprint density at radius 1 is 1.18 bits per heavy atom. The van der Waals surface area contributed by atoms with Crippen LogP contribution in [0.15, 0.2) is 57.2 Å². The Balaban J connectivity index is 1.69. The molecule has 1 aromatic carbocycles.